The number of alkyl halides is 2. The normalized spacial score (nSPS) is 19.8. The fourth-order valence-corrected chi connectivity index (χ4v) is 5.26. The third-order valence-corrected chi connectivity index (χ3v) is 7.16. The van der Waals surface area contributed by atoms with Gasteiger partial charge in [0.15, 0.2) is 5.17 Å². The number of para-hydroxylation sites is 1. The van der Waals surface area contributed by atoms with Gasteiger partial charge in [0.25, 0.3) is 5.76 Å². The Bertz CT molecular complexity index is 1040. The number of benzene rings is 2. The SMILES string of the molecule is Cc1cccc(C)c1NC(=O)CC1SC(=Nc2ccc(SC(F)F)cc2)N(C2CC2)C1=O. The Kier molecular flexibility index (Phi) is 6.85. The van der Waals surface area contributed by atoms with Gasteiger partial charge < -0.3 is 5.32 Å². The molecular formula is C23H23F2N3O2S2. The Morgan fingerprint density at radius 1 is 1.19 bits per heavy atom. The van der Waals surface area contributed by atoms with Crippen LogP contribution in [-0.4, -0.2) is 38.9 Å². The molecule has 1 saturated heterocycles. The molecule has 2 aliphatic rings. The minimum absolute atomic E-state index is 0.0590. The third kappa shape index (κ3) is 5.32. The van der Waals surface area contributed by atoms with Crippen molar-refractivity contribution in [1.82, 2.24) is 4.90 Å². The number of amides is 2. The molecule has 1 aliphatic carbocycles. The number of thioether (sulfide) groups is 2. The van der Waals surface area contributed by atoms with Crippen LogP contribution in [0.4, 0.5) is 20.2 Å². The van der Waals surface area contributed by atoms with Crippen molar-refractivity contribution < 1.29 is 18.4 Å². The largest absolute Gasteiger partial charge is 0.326 e. The second kappa shape index (κ2) is 9.62. The maximum absolute atomic E-state index is 13.0. The summed E-state index contributed by atoms with van der Waals surface area (Å²) >= 11 is 1.77. The highest BCUT2D eigenvalue weighted by atomic mass is 32.2. The first kappa shape index (κ1) is 22.8. The standard InChI is InChI=1S/C23H23F2N3O2S2/c1-13-4-3-5-14(2)20(13)27-19(29)12-18-21(30)28(16-8-9-16)23(32-18)26-15-6-10-17(11-7-15)31-22(24)25/h3-7,10-11,16,18,22H,8-9,12H2,1-2H3,(H,27,29). The number of nitrogens with one attached hydrogen (secondary N) is 1. The van der Waals surface area contributed by atoms with E-state index in [1.807, 2.05) is 32.0 Å². The molecule has 1 saturated carbocycles. The van der Waals surface area contributed by atoms with E-state index in [9.17, 15) is 18.4 Å². The molecule has 9 heteroatoms. The maximum atomic E-state index is 13.0. The molecule has 168 valence electrons. The van der Waals surface area contributed by atoms with Crippen LogP contribution in [-0.2, 0) is 9.59 Å². The number of carbonyl (C=O) groups excluding carboxylic acids is 2. The highest BCUT2D eigenvalue weighted by molar-refractivity contribution is 8.15. The van der Waals surface area contributed by atoms with E-state index in [0.29, 0.717) is 27.5 Å². The Balaban J connectivity index is 1.47. The van der Waals surface area contributed by atoms with Crippen LogP contribution in [0.2, 0.25) is 0 Å². The smallest absolute Gasteiger partial charge is 0.288 e. The summed E-state index contributed by atoms with van der Waals surface area (Å²) in [5, 5.41) is 2.98. The highest BCUT2D eigenvalue weighted by Gasteiger charge is 2.46. The van der Waals surface area contributed by atoms with Gasteiger partial charge in [0.2, 0.25) is 11.8 Å². The van der Waals surface area contributed by atoms with Gasteiger partial charge in [0, 0.05) is 23.0 Å². The number of hydrogen-bond acceptors (Lipinski definition) is 5. The molecule has 0 radical (unpaired) electrons. The summed E-state index contributed by atoms with van der Waals surface area (Å²) in [7, 11) is 0. The predicted molar refractivity (Wildman–Crippen MR) is 126 cm³/mol. The van der Waals surface area contributed by atoms with Gasteiger partial charge in [-0.05, 0) is 62.1 Å². The molecule has 2 amide bonds. The molecule has 1 heterocycles. The van der Waals surface area contributed by atoms with Gasteiger partial charge in [0.05, 0.1) is 5.69 Å². The van der Waals surface area contributed by atoms with Crippen LogP contribution in [0.5, 0.6) is 0 Å². The van der Waals surface area contributed by atoms with Crippen molar-refractivity contribution >= 4 is 51.9 Å². The zero-order chi connectivity index (χ0) is 22.8. The van der Waals surface area contributed by atoms with Crippen molar-refractivity contribution in [2.75, 3.05) is 5.32 Å². The van der Waals surface area contributed by atoms with E-state index in [1.54, 1.807) is 29.2 Å². The first-order chi connectivity index (χ1) is 15.3. The van der Waals surface area contributed by atoms with Crippen molar-refractivity contribution in [3.63, 3.8) is 0 Å². The average Bonchev–Trinajstić information content (AvgIpc) is 3.52. The quantitative estimate of drug-likeness (QED) is 0.519. The van der Waals surface area contributed by atoms with E-state index in [4.69, 9.17) is 0 Å². The molecule has 0 spiro atoms. The molecule has 4 rings (SSSR count). The summed E-state index contributed by atoms with van der Waals surface area (Å²) in [6, 6.07) is 12.4. The van der Waals surface area contributed by atoms with Crippen molar-refractivity contribution in [3.8, 4) is 0 Å². The Hall–Kier alpha value is -2.39. The number of rotatable bonds is 7. The van der Waals surface area contributed by atoms with E-state index in [-0.39, 0.29) is 24.3 Å². The van der Waals surface area contributed by atoms with Gasteiger partial charge in [-0.3, -0.25) is 14.5 Å². The van der Waals surface area contributed by atoms with Crippen LogP contribution in [0.25, 0.3) is 0 Å². The second-order valence-corrected chi connectivity index (χ2v) is 10.1. The number of aryl methyl sites for hydroxylation is 2. The number of aliphatic imine (C=N–C) groups is 1. The zero-order valence-electron chi connectivity index (χ0n) is 17.7. The summed E-state index contributed by atoms with van der Waals surface area (Å²) < 4.78 is 25.0. The van der Waals surface area contributed by atoms with Crippen molar-refractivity contribution in [3.05, 3.63) is 53.6 Å². The molecule has 2 aromatic rings. The third-order valence-electron chi connectivity index (χ3n) is 5.28. The topological polar surface area (TPSA) is 61.8 Å². The number of hydrogen-bond donors (Lipinski definition) is 1. The lowest BCUT2D eigenvalue weighted by Gasteiger charge is -2.15. The summed E-state index contributed by atoms with van der Waals surface area (Å²) in [6.07, 6.45) is 1.89. The van der Waals surface area contributed by atoms with Crippen LogP contribution in [0.15, 0.2) is 52.4 Å². The molecular weight excluding hydrogens is 452 g/mol. The number of carbonyl (C=O) groups is 2. The summed E-state index contributed by atoms with van der Waals surface area (Å²) in [5.74, 6) is -2.78. The number of anilines is 1. The molecule has 1 atom stereocenters. The minimum Gasteiger partial charge on any atom is -0.326 e. The molecule has 32 heavy (non-hydrogen) atoms. The summed E-state index contributed by atoms with van der Waals surface area (Å²) in [5.41, 5.74) is 3.31. The number of nitrogens with zero attached hydrogens (tertiary/aromatic N) is 2. The van der Waals surface area contributed by atoms with E-state index in [2.05, 4.69) is 10.3 Å². The molecule has 0 aromatic heterocycles. The van der Waals surface area contributed by atoms with Gasteiger partial charge in [-0.2, -0.15) is 8.78 Å². The van der Waals surface area contributed by atoms with Crippen LogP contribution in [0.1, 0.15) is 30.4 Å². The van der Waals surface area contributed by atoms with Crippen molar-refractivity contribution in [2.45, 2.75) is 55.1 Å². The fourth-order valence-electron chi connectivity index (χ4n) is 3.54. The fraction of sp³-hybridized carbons (Fsp3) is 0.348. The zero-order valence-corrected chi connectivity index (χ0v) is 19.3. The number of halogens is 2. The van der Waals surface area contributed by atoms with Crippen molar-refractivity contribution in [1.29, 1.82) is 0 Å². The molecule has 0 bridgehead atoms. The maximum Gasteiger partial charge on any atom is 0.288 e. The van der Waals surface area contributed by atoms with Crippen molar-refractivity contribution in [2.24, 2.45) is 4.99 Å². The lowest BCUT2D eigenvalue weighted by atomic mass is 10.1. The van der Waals surface area contributed by atoms with Gasteiger partial charge in [-0.25, -0.2) is 4.99 Å². The molecule has 1 unspecified atom stereocenters. The van der Waals surface area contributed by atoms with Gasteiger partial charge in [-0.15, -0.1) is 0 Å². The molecule has 5 nitrogen and oxygen atoms in total. The highest BCUT2D eigenvalue weighted by Crippen LogP contribution is 2.40. The molecule has 1 N–H and O–H groups in total. The second-order valence-electron chi connectivity index (χ2n) is 7.83. The first-order valence-corrected chi connectivity index (χ1v) is 12.1. The van der Waals surface area contributed by atoms with E-state index in [0.717, 1.165) is 29.7 Å². The Morgan fingerprint density at radius 2 is 1.84 bits per heavy atom. The van der Waals surface area contributed by atoms with E-state index in [1.165, 1.54) is 11.8 Å². The Morgan fingerprint density at radius 3 is 2.44 bits per heavy atom. The molecule has 1 aliphatic heterocycles. The van der Waals surface area contributed by atoms with Crippen LogP contribution < -0.4 is 5.32 Å². The average molecular weight is 476 g/mol. The lowest BCUT2D eigenvalue weighted by molar-refractivity contribution is -0.128. The van der Waals surface area contributed by atoms with Gasteiger partial charge in [-0.1, -0.05) is 41.7 Å². The lowest BCUT2D eigenvalue weighted by Crippen LogP contribution is -2.35. The monoisotopic (exact) mass is 475 g/mol. The van der Waals surface area contributed by atoms with Gasteiger partial charge >= 0.3 is 0 Å². The number of amidine groups is 1. The van der Waals surface area contributed by atoms with Crippen LogP contribution >= 0.6 is 23.5 Å². The predicted octanol–water partition coefficient (Wildman–Crippen LogP) is 5.74. The van der Waals surface area contributed by atoms with Crippen LogP contribution in [0, 0.1) is 13.8 Å². The molecule has 2 aromatic carbocycles. The van der Waals surface area contributed by atoms with Crippen LogP contribution in [0.3, 0.4) is 0 Å². The minimum atomic E-state index is -2.48. The molecule has 2 fully saturated rings. The first-order valence-electron chi connectivity index (χ1n) is 10.3. The Labute approximate surface area is 194 Å². The van der Waals surface area contributed by atoms with E-state index >= 15 is 0 Å². The summed E-state index contributed by atoms with van der Waals surface area (Å²) in [4.78, 5) is 32.5. The summed E-state index contributed by atoms with van der Waals surface area (Å²) in [6.45, 7) is 3.87. The van der Waals surface area contributed by atoms with E-state index < -0.39 is 11.0 Å². The van der Waals surface area contributed by atoms with Gasteiger partial charge in [0.1, 0.15) is 5.25 Å².